The Hall–Kier alpha value is -1.04. The molecule has 0 bridgehead atoms. The Kier molecular flexibility index (Phi) is 5.62. The average molecular weight is 353 g/mol. The van der Waals surface area contributed by atoms with Gasteiger partial charge in [0.15, 0.2) is 6.23 Å². The van der Waals surface area contributed by atoms with E-state index in [-0.39, 0.29) is 35.8 Å². The molecule has 0 spiro atoms. The number of ether oxygens (including phenoxy) is 1. The van der Waals surface area contributed by atoms with Crippen molar-refractivity contribution < 1.29 is 24.9 Å². The quantitative estimate of drug-likeness (QED) is 0.406. The summed E-state index contributed by atoms with van der Waals surface area (Å²) in [7, 11) is 0. The van der Waals surface area contributed by atoms with E-state index < -0.39 is 30.4 Å². The molecular formula is C10H17BrN4O5. The second-order valence-corrected chi connectivity index (χ2v) is 4.31. The first-order valence-corrected chi connectivity index (χ1v) is 5.69. The number of primary amides is 1. The second kappa shape index (κ2) is 6.61. The second-order valence-electron chi connectivity index (χ2n) is 4.31. The number of carbonyl (C=O) groups is 1. The summed E-state index contributed by atoms with van der Waals surface area (Å²) < 4.78 is 6.27. The predicted molar refractivity (Wildman–Crippen MR) is 72.0 cm³/mol. The summed E-state index contributed by atoms with van der Waals surface area (Å²) in [6, 6.07) is 1.38. The highest BCUT2D eigenvalue weighted by atomic mass is 79.9. The van der Waals surface area contributed by atoms with Gasteiger partial charge in [-0.25, -0.2) is 4.68 Å². The largest absolute Gasteiger partial charge is 0.388 e. The van der Waals surface area contributed by atoms with Crippen LogP contribution in [0.2, 0.25) is 0 Å². The van der Waals surface area contributed by atoms with Gasteiger partial charge >= 0.3 is 0 Å². The predicted octanol–water partition coefficient (Wildman–Crippen LogP) is -2.37. The number of hydrogen-bond acceptors (Lipinski definition) is 7. The van der Waals surface area contributed by atoms with Crippen molar-refractivity contribution in [3.05, 3.63) is 17.5 Å². The van der Waals surface area contributed by atoms with E-state index in [0.717, 1.165) is 4.68 Å². The van der Waals surface area contributed by atoms with Gasteiger partial charge in [-0.05, 0) is 6.07 Å². The Balaban J connectivity index is 0.00000200. The van der Waals surface area contributed by atoms with Crippen LogP contribution >= 0.6 is 17.0 Å². The van der Waals surface area contributed by atoms with Crippen molar-refractivity contribution in [1.82, 2.24) is 9.78 Å². The molecule has 2 heterocycles. The van der Waals surface area contributed by atoms with Gasteiger partial charge in [0.1, 0.15) is 24.0 Å². The first kappa shape index (κ1) is 17.0. The Labute approximate surface area is 124 Å². The molecule has 1 fully saturated rings. The van der Waals surface area contributed by atoms with E-state index in [1.54, 1.807) is 0 Å². The number of aliphatic hydroxyl groups is 3. The van der Waals surface area contributed by atoms with Crippen molar-refractivity contribution in [2.45, 2.75) is 31.1 Å². The average Bonchev–Trinajstić information content (AvgIpc) is 2.80. The molecular weight excluding hydrogens is 336 g/mol. The maximum atomic E-state index is 11.3. The number of nitrogens with zero attached hydrogens (tertiary/aromatic N) is 2. The van der Waals surface area contributed by atoms with Crippen molar-refractivity contribution in [3.8, 4) is 0 Å². The lowest BCUT2D eigenvalue weighted by Crippen LogP contribution is -2.51. The molecule has 0 unspecified atom stereocenters. The van der Waals surface area contributed by atoms with Crippen LogP contribution in [0.15, 0.2) is 6.07 Å². The van der Waals surface area contributed by atoms with E-state index in [1.165, 1.54) is 6.07 Å². The molecule has 0 aromatic carbocycles. The molecule has 1 aromatic rings. The van der Waals surface area contributed by atoms with Crippen molar-refractivity contribution in [1.29, 1.82) is 0 Å². The zero-order valence-corrected chi connectivity index (χ0v) is 12.1. The first-order valence-electron chi connectivity index (χ1n) is 5.69. The van der Waals surface area contributed by atoms with E-state index in [1.807, 2.05) is 0 Å². The molecule has 2 rings (SSSR count). The fourth-order valence-corrected chi connectivity index (χ4v) is 1.93. The topological polar surface area (TPSA) is 157 Å². The van der Waals surface area contributed by atoms with Gasteiger partial charge in [-0.3, -0.25) is 4.79 Å². The van der Waals surface area contributed by atoms with Crippen LogP contribution in [0.1, 0.15) is 22.4 Å². The van der Waals surface area contributed by atoms with Crippen LogP contribution < -0.4 is 11.5 Å². The summed E-state index contributed by atoms with van der Waals surface area (Å²) in [4.78, 5) is 11.3. The van der Waals surface area contributed by atoms with Gasteiger partial charge < -0.3 is 31.5 Å². The van der Waals surface area contributed by atoms with Crippen molar-refractivity contribution >= 4 is 22.9 Å². The molecule has 1 aliphatic heterocycles. The standard InChI is InChI=1S/C10H16N4O5.BrH/c11-2-4-1-5(9(12)18)14(13-4)10-8(17)7(16)6(15)3-19-10;/h1,6-8,10,15-17H,2-3,11H2,(H2,12,18);1H/t6-,7-,8-,10-;/m1./s1. The number of aromatic nitrogens is 2. The summed E-state index contributed by atoms with van der Waals surface area (Å²) in [5.41, 5.74) is 11.0. The first-order chi connectivity index (χ1) is 8.95. The van der Waals surface area contributed by atoms with Crippen LogP contribution in [0.25, 0.3) is 0 Å². The highest BCUT2D eigenvalue weighted by Gasteiger charge is 2.40. The lowest BCUT2D eigenvalue weighted by Gasteiger charge is -2.35. The van der Waals surface area contributed by atoms with Gasteiger partial charge in [0.25, 0.3) is 5.91 Å². The lowest BCUT2D eigenvalue weighted by molar-refractivity contribution is -0.214. The van der Waals surface area contributed by atoms with Gasteiger partial charge in [-0.15, -0.1) is 17.0 Å². The molecule has 10 heteroatoms. The molecule has 4 atom stereocenters. The molecule has 0 radical (unpaired) electrons. The summed E-state index contributed by atoms with van der Waals surface area (Å²) in [5, 5.41) is 32.8. The van der Waals surface area contributed by atoms with Crippen LogP contribution in [0, 0.1) is 0 Å². The molecule has 1 saturated heterocycles. The number of aliphatic hydroxyl groups excluding tert-OH is 3. The van der Waals surface area contributed by atoms with Crippen LogP contribution in [-0.4, -0.2) is 55.9 Å². The summed E-state index contributed by atoms with van der Waals surface area (Å²) >= 11 is 0. The molecule has 1 amide bonds. The Morgan fingerprint density at radius 1 is 1.45 bits per heavy atom. The fourth-order valence-electron chi connectivity index (χ4n) is 1.93. The minimum absolute atomic E-state index is 0. The van der Waals surface area contributed by atoms with Gasteiger partial charge in [-0.2, -0.15) is 5.10 Å². The molecule has 9 nitrogen and oxygen atoms in total. The van der Waals surface area contributed by atoms with Gasteiger partial charge in [0.2, 0.25) is 0 Å². The van der Waals surface area contributed by atoms with E-state index in [2.05, 4.69) is 5.10 Å². The zero-order chi connectivity index (χ0) is 14.2. The van der Waals surface area contributed by atoms with Crippen LogP contribution in [0.5, 0.6) is 0 Å². The van der Waals surface area contributed by atoms with Crippen LogP contribution in [0.3, 0.4) is 0 Å². The monoisotopic (exact) mass is 352 g/mol. The lowest BCUT2D eigenvalue weighted by atomic mass is 10.0. The van der Waals surface area contributed by atoms with Crippen molar-refractivity contribution in [3.63, 3.8) is 0 Å². The molecule has 114 valence electrons. The number of hydrogen-bond donors (Lipinski definition) is 5. The molecule has 0 saturated carbocycles. The van der Waals surface area contributed by atoms with Gasteiger partial charge in [-0.1, -0.05) is 0 Å². The number of halogens is 1. The van der Waals surface area contributed by atoms with Crippen LogP contribution in [-0.2, 0) is 11.3 Å². The van der Waals surface area contributed by atoms with E-state index >= 15 is 0 Å². The van der Waals surface area contributed by atoms with Gasteiger partial charge in [0, 0.05) is 6.54 Å². The highest BCUT2D eigenvalue weighted by Crippen LogP contribution is 2.25. The van der Waals surface area contributed by atoms with Crippen molar-refractivity contribution in [2.24, 2.45) is 11.5 Å². The number of amides is 1. The van der Waals surface area contributed by atoms with Crippen LogP contribution in [0.4, 0.5) is 0 Å². The summed E-state index contributed by atoms with van der Waals surface area (Å²) in [6.45, 7) is -0.111. The molecule has 1 aromatic heterocycles. The number of carbonyl (C=O) groups excluding carboxylic acids is 1. The minimum Gasteiger partial charge on any atom is -0.388 e. The maximum absolute atomic E-state index is 11.3. The summed E-state index contributed by atoms with van der Waals surface area (Å²) in [6.07, 6.45) is -5.15. The number of rotatable bonds is 3. The Morgan fingerprint density at radius 3 is 2.65 bits per heavy atom. The Morgan fingerprint density at radius 2 is 2.10 bits per heavy atom. The van der Waals surface area contributed by atoms with E-state index in [4.69, 9.17) is 16.2 Å². The third-order valence-corrected chi connectivity index (χ3v) is 2.96. The molecule has 20 heavy (non-hydrogen) atoms. The fraction of sp³-hybridized carbons (Fsp3) is 0.600. The van der Waals surface area contributed by atoms with Crippen molar-refractivity contribution in [2.75, 3.05) is 6.61 Å². The zero-order valence-electron chi connectivity index (χ0n) is 10.4. The third-order valence-electron chi connectivity index (χ3n) is 2.96. The normalized spacial score (nSPS) is 29.8. The van der Waals surface area contributed by atoms with E-state index in [0.29, 0.717) is 5.69 Å². The smallest absolute Gasteiger partial charge is 0.267 e. The molecule has 0 aliphatic carbocycles. The SMILES string of the molecule is Br.NCc1cc(C(N)=O)n([C@@H]2OC[C@@H](O)[C@@H](O)[C@H]2O)n1. The third kappa shape index (κ3) is 3.00. The highest BCUT2D eigenvalue weighted by molar-refractivity contribution is 8.93. The molecule has 1 aliphatic rings. The molecule has 7 N–H and O–H groups in total. The maximum Gasteiger partial charge on any atom is 0.267 e. The minimum atomic E-state index is -1.44. The number of nitrogens with two attached hydrogens (primary N) is 2. The summed E-state index contributed by atoms with van der Waals surface area (Å²) in [5.74, 6) is -0.761. The van der Waals surface area contributed by atoms with Gasteiger partial charge in [0.05, 0.1) is 12.3 Å². The van der Waals surface area contributed by atoms with E-state index in [9.17, 15) is 20.1 Å². The Bertz CT molecular complexity index is 482.